The highest BCUT2D eigenvalue weighted by atomic mass is 32.1. The smallest absolute Gasteiger partial charge is 0.127 e. The first kappa shape index (κ1) is 14.1. The summed E-state index contributed by atoms with van der Waals surface area (Å²) in [7, 11) is 1.69. The number of aliphatic hydroxyl groups excluding tert-OH is 1. The highest BCUT2D eigenvalue weighted by molar-refractivity contribution is 7.15. The molecule has 0 bridgehead atoms. The summed E-state index contributed by atoms with van der Waals surface area (Å²) < 4.78 is 5.45. The molecule has 2 nitrogen and oxygen atoms in total. The van der Waals surface area contributed by atoms with Crippen molar-refractivity contribution in [1.82, 2.24) is 0 Å². The first-order valence-electron chi connectivity index (χ1n) is 6.34. The van der Waals surface area contributed by atoms with Crippen molar-refractivity contribution < 1.29 is 9.84 Å². The quantitative estimate of drug-likeness (QED) is 0.909. The van der Waals surface area contributed by atoms with Crippen molar-refractivity contribution in [2.75, 3.05) is 7.11 Å². The molecule has 2 rings (SSSR count). The maximum absolute atomic E-state index is 9.19. The molecule has 1 aromatic carbocycles. The Morgan fingerprint density at radius 3 is 2.42 bits per heavy atom. The SMILES string of the molecule is COc1ccc(C(C)(C)C)cc1-c1ccc(CO)s1. The van der Waals surface area contributed by atoms with Gasteiger partial charge in [0.25, 0.3) is 0 Å². The van der Waals surface area contributed by atoms with Crippen LogP contribution < -0.4 is 4.74 Å². The van der Waals surface area contributed by atoms with Gasteiger partial charge in [-0.05, 0) is 35.2 Å². The predicted octanol–water partition coefficient (Wildman–Crippen LogP) is 4.21. The van der Waals surface area contributed by atoms with Crippen molar-refractivity contribution in [3.05, 3.63) is 40.8 Å². The Labute approximate surface area is 118 Å². The minimum absolute atomic E-state index is 0.0892. The van der Waals surface area contributed by atoms with Crippen molar-refractivity contribution in [2.45, 2.75) is 32.8 Å². The van der Waals surface area contributed by atoms with Crippen molar-refractivity contribution >= 4 is 11.3 Å². The Kier molecular flexibility index (Phi) is 3.97. The van der Waals surface area contributed by atoms with Crippen LogP contribution in [0.2, 0.25) is 0 Å². The number of benzene rings is 1. The molecule has 0 atom stereocenters. The summed E-state index contributed by atoms with van der Waals surface area (Å²) in [4.78, 5) is 2.10. The van der Waals surface area contributed by atoms with Gasteiger partial charge in [0.15, 0.2) is 0 Å². The lowest BCUT2D eigenvalue weighted by molar-refractivity contribution is 0.285. The van der Waals surface area contributed by atoms with Crippen LogP contribution >= 0.6 is 11.3 Å². The lowest BCUT2D eigenvalue weighted by Gasteiger charge is -2.20. The number of hydrogen-bond acceptors (Lipinski definition) is 3. The van der Waals surface area contributed by atoms with E-state index >= 15 is 0 Å². The molecule has 1 heterocycles. The molecular formula is C16H20O2S. The molecule has 0 amide bonds. The average molecular weight is 276 g/mol. The molecule has 0 aliphatic carbocycles. The molecule has 0 unspecified atom stereocenters. The number of hydrogen-bond donors (Lipinski definition) is 1. The van der Waals surface area contributed by atoms with E-state index in [4.69, 9.17) is 4.74 Å². The number of methoxy groups -OCH3 is 1. The summed E-state index contributed by atoms with van der Waals surface area (Å²) in [6.07, 6.45) is 0. The second-order valence-corrected chi connectivity index (χ2v) is 6.76. The predicted molar refractivity (Wildman–Crippen MR) is 80.9 cm³/mol. The van der Waals surface area contributed by atoms with Gasteiger partial charge in [0.05, 0.1) is 13.7 Å². The Bertz CT molecular complexity index is 564. The minimum atomic E-state index is 0.0892. The third-order valence-corrected chi connectivity index (χ3v) is 4.25. The minimum Gasteiger partial charge on any atom is -0.496 e. The molecule has 3 heteroatoms. The summed E-state index contributed by atoms with van der Waals surface area (Å²) in [5.74, 6) is 0.874. The van der Waals surface area contributed by atoms with Gasteiger partial charge in [-0.1, -0.05) is 26.8 Å². The van der Waals surface area contributed by atoms with Crippen LogP contribution in [0.15, 0.2) is 30.3 Å². The fraction of sp³-hybridized carbons (Fsp3) is 0.375. The van der Waals surface area contributed by atoms with E-state index in [2.05, 4.69) is 32.9 Å². The Balaban J connectivity index is 2.53. The second kappa shape index (κ2) is 5.35. The third-order valence-electron chi connectivity index (χ3n) is 3.15. The molecule has 1 aromatic heterocycles. The summed E-state index contributed by atoms with van der Waals surface area (Å²) in [6.45, 7) is 6.69. The van der Waals surface area contributed by atoms with Gasteiger partial charge in [0.1, 0.15) is 5.75 Å². The summed E-state index contributed by atoms with van der Waals surface area (Å²) in [6, 6.07) is 10.3. The molecule has 102 valence electrons. The van der Waals surface area contributed by atoms with E-state index in [9.17, 15) is 5.11 Å². The van der Waals surface area contributed by atoms with Gasteiger partial charge in [-0.2, -0.15) is 0 Å². The molecule has 2 aromatic rings. The standard InChI is InChI=1S/C16H20O2S/c1-16(2,3)11-5-7-14(18-4)13(9-11)15-8-6-12(10-17)19-15/h5-9,17H,10H2,1-4H3. The lowest BCUT2D eigenvalue weighted by atomic mass is 9.86. The van der Waals surface area contributed by atoms with Crippen LogP contribution in [0, 0.1) is 0 Å². The molecule has 0 aliphatic rings. The van der Waals surface area contributed by atoms with Crippen molar-refractivity contribution in [1.29, 1.82) is 0 Å². The second-order valence-electron chi connectivity index (χ2n) is 5.59. The summed E-state index contributed by atoms with van der Waals surface area (Å²) >= 11 is 1.60. The molecule has 0 aliphatic heterocycles. The van der Waals surface area contributed by atoms with Gasteiger partial charge in [-0.15, -0.1) is 11.3 Å². The zero-order chi connectivity index (χ0) is 14.0. The van der Waals surface area contributed by atoms with E-state index in [0.717, 1.165) is 21.1 Å². The van der Waals surface area contributed by atoms with Gasteiger partial charge in [0, 0.05) is 15.3 Å². The van der Waals surface area contributed by atoms with E-state index in [1.165, 1.54) is 5.56 Å². The first-order valence-corrected chi connectivity index (χ1v) is 7.16. The molecule has 1 N–H and O–H groups in total. The van der Waals surface area contributed by atoms with Gasteiger partial charge in [-0.3, -0.25) is 0 Å². The van der Waals surface area contributed by atoms with E-state index in [-0.39, 0.29) is 12.0 Å². The van der Waals surface area contributed by atoms with Crippen LogP contribution in [0.4, 0.5) is 0 Å². The maximum atomic E-state index is 9.19. The van der Waals surface area contributed by atoms with E-state index < -0.39 is 0 Å². The molecule has 0 saturated heterocycles. The van der Waals surface area contributed by atoms with Gasteiger partial charge < -0.3 is 9.84 Å². The zero-order valence-electron chi connectivity index (χ0n) is 11.9. The van der Waals surface area contributed by atoms with E-state index in [1.54, 1.807) is 18.4 Å². The molecular weight excluding hydrogens is 256 g/mol. The van der Waals surface area contributed by atoms with Crippen LogP contribution in [-0.2, 0) is 12.0 Å². The monoisotopic (exact) mass is 276 g/mol. The van der Waals surface area contributed by atoms with Crippen molar-refractivity contribution in [3.8, 4) is 16.2 Å². The summed E-state index contributed by atoms with van der Waals surface area (Å²) in [5.41, 5.74) is 2.49. The van der Waals surface area contributed by atoms with Gasteiger partial charge >= 0.3 is 0 Å². The zero-order valence-corrected chi connectivity index (χ0v) is 12.7. The van der Waals surface area contributed by atoms with Crippen LogP contribution in [0.5, 0.6) is 5.75 Å². The van der Waals surface area contributed by atoms with Gasteiger partial charge in [0.2, 0.25) is 0 Å². The van der Waals surface area contributed by atoms with Crippen molar-refractivity contribution in [2.24, 2.45) is 0 Å². The summed E-state index contributed by atoms with van der Waals surface area (Å²) in [5, 5.41) is 9.19. The van der Waals surface area contributed by atoms with Gasteiger partial charge in [-0.25, -0.2) is 0 Å². The fourth-order valence-electron chi connectivity index (χ4n) is 1.97. The average Bonchev–Trinajstić information content (AvgIpc) is 2.85. The van der Waals surface area contributed by atoms with Crippen LogP contribution in [0.25, 0.3) is 10.4 Å². The molecule has 0 spiro atoms. The van der Waals surface area contributed by atoms with Crippen LogP contribution in [-0.4, -0.2) is 12.2 Å². The molecule has 0 saturated carbocycles. The number of rotatable bonds is 3. The van der Waals surface area contributed by atoms with Crippen molar-refractivity contribution in [3.63, 3.8) is 0 Å². The third kappa shape index (κ3) is 2.99. The topological polar surface area (TPSA) is 29.5 Å². The number of ether oxygens (including phenoxy) is 1. The lowest BCUT2D eigenvalue weighted by Crippen LogP contribution is -2.11. The normalized spacial score (nSPS) is 11.6. The van der Waals surface area contributed by atoms with E-state index in [1.807, 2.05) is 18.2 Å². The fourth-order valence-corrected chi connectivity index (χ4v) is 2.86. The van der Waals surface area contributed by atoms with Crippen LogP contribution in [0.1, 0.15) is 31.2 Å². The molecule has 0 fully saturated rings. The van der Waals surface area contributed by atoms with E-state index in [0.29, 0.717) is 0 Å². The largest absolute Gasteiger partial charge is 0.496 e. The Morgan fingerprint density at radius 1 is 1.16 bits per heavy atom. The molecule has 19 heavy (non-hydrogen) atoms. The first-order chi connectivity index (χ1) is 8.95. The number of aliphatic hydroxyl groups is 1. The highest BCUT2D eigenvalue weighted by Gasteiger charge is 2.17. The Morgan fingerprint density at radius 2 is 1.89 bits per heavy atom. The number of thiophene rings is 1. The molecule has 0 radical (unpaired) electrons. The maximum Gasteiger partial charge on any atom is 0.127 e. The highest BCUT2D eigenvalue weighted by Crippen LogP contribution is 2.38. The Hall–Kier alpha value is -1.32. The van der Waals surface area contributed by atoms with Crippen LogP contribution in [0.3, 0.4) is 0 Å².